The number of hydrogen-bond acceptors (Lipinski definition) is 4. The van der Waals surface area contributed by atoms with E-state index in [9.17, 15) is 9.90 Å². The van der Waals surface area contributed by atoms with E-state index in [4.69, 9.17) is 10.2 Å². The van der Waals surface area contributed by atoms with Crippen molar-refractivity contribution in [3.63, 3.8) is 0 Å². The summed E-state index contributed by atoms with van der Waals surface area (Å²) in [5, 5.41) is 27.8. The van der Waals surface area contributed by atoms with Crippen molar-refractivity contribution < 1.29 is 20.1 Å². The molecule has 0 aromatic heterocycles. The van der Waals surface area contributed by atoms with Gasteiger partial charge in [0.05, 0.1) is 12.0 Å². The molecule has 0 radical (unpaired) electrons. The number of nitrogens with zero attached hydrogens (tertiary/aromatic N) is 1. The molecule has 0 aromatic rings. The monoisotopic (exact) mass is 385 g/mol. The van der Waals surface area contributed by atoms with Crippen LogP contribution in [0.1, 0.15) is 97.3 Å². The van der Waals surface area contributed by atoms with Crippen molar-refractivity contribution in [2.45, 2.75) is 97.3 Å². The summed E-state index contributed by atoms with van der Waals surface area (Å²) in [4.78, 5) is 13.2. The smallest absolute Gasteiger partial charge is 0.234 e. The third kappa shape index (κ3) is 12.2. The molecule has 3 N–H and O–H groups in total. The summed E-state index contributed by atoms with van der Waals surface area (Å²) < 4.78 is 0. The molecule has 0 aliphatic rings. The number of aliphatic hydroxyl groups is 3. The van der Waals surface area contributed by atoms with Gasteiger partial charge in [0, 0.05) is 0 Å². The lowest BCUT2D eigenvalue weighted by Gasteiger charge is -2.31. The van der Waals surface area contributed by atoms with E-state index in [1.165, 1.54) is 44.9 Å². The number of carbonyl (C=O) groups is 1. The Kier molecular flexibility index (Phi) is 16.6. The molecule has 0 heterocycles. The molecule has 0 saturated carbocycles. The van der Waals surface area contributed by atoms with Gasteiger partial charge in [-0.3, -0.25) is 9.69 Å². The first kappa shape index (κ1) is 26.1. The summed E-state index contributed by atoms with van der Waals surface area (Å²) >= 11 is 0. The number of rotatable bonds is 18. The third-order valence-corrected chi connectivity index (χ3v) is 5.23. The summed E-state index contributed by atoms with van der Waals surface area (Å²) in [7, 11) is 0. The zero-order chi connectivity index (χ0) is 20.4. The van der Waals surface area contributed by atoms with E-state index >= 15 is 0 Å². The molecular formula is C22H43NO4. The minimum Gasteiger partial charge on any atom is -0.395 e. The average molecular weight is 386 g/mol. The number of allylic oxidation sites excluding steroid dienone is 2. The first-order valence-corrected chi connectivity index (χ1v) is 10.8. The summed E-state index contributed by atoms with van der Waals surface area (Å²) in [6, 6.07) is 0. The zero-order valence-corrected chi connectivity index (χ0v) is 17.7. The van der Waals surface area contributed by atoms with Crippen LogP contribution in [0.3, 0.4) is 0 Å². The highest BCUT2D eigenvalue weighted by Crippen LogP contribution is 2.27. The average Bonchev–Trinajstić information content (AvgIpc) is 2.68. The summed E-state index contributed by atoms with van der Waals surface area (Å²) in [5.74, 6) is -0.396. The van der Waals surface area contributed by atoms with Gasteiger partial charge in [0.25, 0.3) is 0 Å². The molecule has 0 rings (SSSR count). The van der Waals surface area contributed by atoms with Gasteiger partial charge < -0.3 is 15.3 Å². The molecule has 1 atom stereocenters. The maximum atomic E-state index is 12.3. The molecule has 5 heteroatoms. The second-order valence-corrected chi connectivity index (χ2v) is 7.83. The number of amides is 1. The highest BCUT2D eigenvalue weighted by molar-refractivity contribution is 5.82. The van der Waals surface area contributed by atoms with Crippen LogP contribution in [-0.2, 0) is 4.79 Å². The van der Waals surface area contributed by atoms with Crippen LogP contribution >= 0.6 is 0 Å². The van der Waals surface area contributed by atoms with Crippen LogP contribution in [0.4, 0.5) is 0 Å². The van der Waals surface area contributed by atoms with Crippen LogP contribution < -0.4 is 0 Å². The Labute approximate surface area is 166 Å². The molecule has 0 aliphatic carbocycles. The SMILES string of the molecule is CCCCCCCC/C=C\CCCCCCC(C)(CO)C(=O)N(CO)CO. The van der Waals surface area contributed by atoms with Gasteiger partial charge in [-0.2, -0.15) is 0 Å². The predicted octanol–water partition coefficient (Wildman–Crippen LogP) is 4.36. The topological polar surface area (TPSA) is 81.0 Å². The Morgan fingerprint density at radius 1 is 0.815 bits per heavy atom. The maximum Gasteiger partial charge on any atom is 0.234 e. The van der Waals surface area contributed by atoms with Crippen molar-refractivity contribution in [1.29, 1.82) is 0 Å². The zero-order valence-electron chi connectivity index (χ0n) is 17.7. The lowest BCUT2D eigenvalue weighted by molar-refractivity contribution is -0.152. The quantitative estimate of drug-likeness (QED) is 0.186. The van der Waals surface area contributed by atoms with Crippen molar-refractivity contribution in [1.82, 2.24) is 4.90 Å². The Morgan fingerprint density at radius 2 is 1.30 bits per heavy atom. The summed E-state index contributed by atoms with van der Waals surface area (Å²) in [5.41, 5.74) is -0.928. The van der Waals surface area contributed by atoms with Crippen LogP contribution in [0, 0.1) is 5.41 Å². The fourth-order valence-corrected chi connectivity index (χ4v) is 3.22. The lowest BCUT2D eigenvalue weighted by atomic mass is 9.84. The molecular weight excluding hydrogens is 342 g/mol. The summed E-state index contributed by atoms with van der Waals surface area (Å²) in [6.45, 7) is 2.60. The van der Waals surface area contributed by atoms with Gasteiger partial charge in [0.2, 0.25) is 5.91 Å². The van der Waals surface area contributed by atoms with Gasteiger partial charge in [-0.25, -0.2) is 0 Å². The largest absolute Gasteiger partial charge is 0.395 e. The second-order valence-electron chi connectivity index (χ2n) is 7.83. The molecule has 1 unspecified atom stereocenters. The highest BCUT2D eigenvalue weighted by atomic mass is 16.3. The van der Waals surface area contributed by atoms with Crippen LogP contribution in [0.2, 0.25) is 0 Å². The number of carbonyl (C=O) groups excluding carboxylic acids is 1. The standard InChI is InChI=1S/C22H43NO4/c1-3-4-5-6-7-8-9-10-11-12-13-14-15-16-17-22(2,18-24)21(27)23(19-25)20-26/h10-11,24-26H,3-9,12-20H2,1-2H3/b11-10-. The van der Waals surface area contributed by atoms with Gasteiger partial charge in [-0.05, 0) is 39.0 Å². The molecule has 0 aromatic carbocycles. The van der Waals surface area contributed by atoms with E-state index < -0.39 is 24.8 Å². The minimum absolute atomic E-state index is 0.274. The Hall–Kier alpha value is -0.910. The minimum atomic E-state index is -0.928. The van der Waals surface area contributed by atoms with E-state index in [1.807, 2.05) is 0 Å². The van der Waals surface area contributed by atoms with Gasteiger partial charge in [0.1, 0.15) is 13.5 Å². The van der Waals surface area contributed by atoms with Gasteiger partial charge in [0.15, 0.2) is 0 Å². The normalized spacial score (nSPS) is 13.8. The lowest BCUT2D eigenvalue weighted by Crippen LogP contribution is -2.45. The second kappa shape index (κ2) is 17.2. The Bertz CT molecular complexity index is 383. The molecule has 5 nitrogen and oxygen atoms in total. The summed E-state index contributed by atoms with van der Waals surface area (Å²) in [6.07, 6.45) is 19.6. The van der Waals surface area contributed by atoms with Crippen molar-refractivity contribution >= 4 is 5.91 Å². The Morgan fingerprint density at radius 3 is 1.78 bits per heavy atom. The van der Waals surface area contributed by atoms with Gasteiger partial charge >= 0.3 is 0 Å². The van der Waals surface area contributed by atoms with Crippen molar-refractivity contribution in [2.75, 3.05) is 20.1 Å². The first-order chi connectivity index (χ1) is 13.1. The van der Waals surface area contributed by atoms with E-state index in [0.29, 0.717) is 6.42 Å². The molecule has 0 fully saturated rings. The molecule has 0 saturated heterocycles. The molecule has 0 spiro atoms. The molecule has 27 heavy (non-hydrogen) atoms. The maximum absolute atomic E-state index is 12.3. The molecule has 0 bridgehead atoms. The first-order valence-electron chi connectivity index (χ1n) is 10.8. The van der Waals surface area contributed by atoms with Crippen molar-refractivity contribution in [3.8, 4) is 0 Å². The van der Waals surface area contributed by atoms with E-state index in [-0.39, 0.29) is 6.61 Å². The van der Waals surface area contributed by atoms with Crippen molar-refractivity contribution in [3.05, 3.63) is 12.2 Å². The van der Waals surface area contributed by atoms with Gasteiger partial charge in [-0.1, -0.05) is 70.4 Å². The number of hydrogen-bond donors (Lipinski definition) is 3. The van der Waals surface area contributed by atoms with E-state index in [1.54, 1.807) is 6.92 Å². The van der Waals surface area contributed by atoms with Crippen molar-refractivity contribution in [2.24, 2.45) is 5.41 Å². The Balaban J connectivity index is 3.74. The van der Waals surface area contributed by atoms with E-state index in [0.717, 1.165) is 37.0 Å². The van der Waals surface area contributed by atoms with Gasteiger partial charge in [-0.15, -0.1) is 0 Å². The van der Waals surface area contributed by atoms with Crippen LogP contribution in [0.5, 0.6) is 0 Å². The fraction of sp³-hybridized carbons (Fsp3) is 0.864. The number of aliphatic hydroxyl groups excluding tert-OH is 3. The van der Waals surface area contributed by atoms with E-state index in [2.05, 4.69) is 19.1 Å². The van der Waals surface area contributed by atoms with Crippen LogP contribution in [0.25, 0.3) is 0 Å². The molecule has 1 amide bonds. The molecule has 0 aliphatic heterocycles. The fourth-order valence-electron chi connectivity index (χ4n) is 3.22. The third-order valence-electron chi connectivity index (χ3n) is 5.23. The number of unbranched alkanes of at least 4 members (excludes halogenated alkanes) is 10. The molecule has 160 valence electrons. The highest BCUT2D eigenvalue weighted by Gasteiger charge is 2.35. The van der Waals surface area contributed by atoms with Crippen LogP contribution in [0.15, 0.2) is 12.2 Å². The van der Waals surface area contributed by atoms with Crippen LogP contribution in [-0.4, -0.2) is 46.2 Å². The predicted molar refractivity (Wildman–Crippen MR) is 111 cm³/mol.